The first-order valence-electron chi connectivity index (χ1n) is 10.1. The zero-order valence-corrected chi connectivity index (χ0v) is 19.0. The van der Waals surface area contributed by atoms with E-state index in [4.69, 9.17) is 5.50 Å². The van der Waals surface area contributed by atoms with E-state index in [0.29, 0.717) is 0 Å². The first-order chi connectivity index (χ1) is 14.0. The van der Waals surface area contributed by atoms with Gasteiger partial charge in [0.1, 0.15) is 0 Å². The Morgan fingerprint density at radius 2 is 0.793 bits per heavy atom. The van der Waals surface area contributed by atoms with E-state index in [0.717, 1.165) is 0 Å². The summed E-state index contributed by atoms with van der Waals surface area (Å²) in [6.07, 6.45) is 0. The van der Waals surface area contributed by atoms with Gasteiger partial charge in [0.15, 0.2) is 0 Å². The first kappa shape index (κ1) is 20.0. The number of benzene rings is 4. The van der Waals surface area contributed by atoms with Crippen molar-refractivity contribution in [2.24, 2.45) is 5.50 Å². The molecule has 0 aromatic heterocycles. The van der Waals surface area contributed by atoms with Gasteiger partial charge in [0.25, 0.3) is 0 Å². The second-order valence-electron chi connectivity index (χ2n) is 7.97. The molecule has 1 nitrogen and oxygen atoms in total. The molecule has 148 valence electrons. The molecule has 0 atom stereocenters. The predicted molar refractivity (Wildman–Crippen MR) is 137 cm³/mol. The Morgan fingerprint density at radius 3 is 1.24 bits per heavy atom. The minimum absolute atomic E-state index is 1.27. The predicted octanol–water partition coefficient (Wildman–Crippen LogP) is 3.55. The monoisotopic (exact) mass is 417 g/mol. The van der Waals surface area contributed by atoms with Gasteiger partial charge in [-0.15, -0.1) is 0 Å². The van der Waals surface area contributed by atoms with Crippen molar-refractivity contribution >= 4 is 41.2 Å². The average molecular weight is 417 g/mol. The van der Waals surface area contributed by atoms with Gasteiger partial charge in [-0.2, -0.15) is 0 Å². The number of hydrogen-bond acceptors (Lipinski definition) is 1. The maximum atomic E-state index is 7.17. The van der Waals surface area contributed by atoms with Gasteiger partial charge in [0.05, 0.1) is 0 Å². The van der Waals surface area contributed by atoms with Crippen LogP contribution < -0.4 is 32.0 Å². The van der Waals surface area contributed by atoms with Crippen LogP contribution in [0.15, 0.2) is 115 Å². The van der Waals surface area contributed by atoms with E-state index >= 15 is 0 Å². The summed E-state index contributed by atoms with van der Waals surface area (Å²) in [4.78, 5) is 0. The minimum atomic E-state index is -2.34. The van der Waals surface area contributed by atoms with E-state index in [-0.39, 0.29) is 0 Å². The maximum absolute atomic E-state index is 7.17. The van der Waals surface area contributed by atoms with Crippen LogP contribution in [-0.2, 0) is 0 Å². The van der Waals surface area contributed by atoms with Crippen molar-refractivity contribution in [3.05, 3.63) is 115 Å². The van der Waals surface area contributed by atoms with E-state index < -0.39 is 14.7 Å². The van der Waals surface area contributed by atoms with Crippen molar-refractivity contribution in [3.8, 4) is 0 Å². The van der Waals surface area contributed by atoms with Crippen LogP contribution in [0.2, 0.25) is 0 Å². The van der Waals surface area contributed by atoms with Crippen molar-refractivity contribution < 1.29 is 0 Å². The second-order valence-corrected chi connectivity index (χ2v) is 15.4. The number of nitrogens with two attached hydrogens (primary N) is 1. The van der Waals surface area contributed by atoms with Gasteiger partial charge < -0.3 is 0 Å². The first-order valence-corrected chi connectivity index (χ1v) is 15.2. The SMILES string of the molecule is C[PH](N)(c1ccccc1)c1ccccc1[PH](C)(c1ccccc1)c1ccccc1. The Bertz CT molecular complexity index is 1040. The fraction of sp³-hybridized carbons (Fsp3) is 0.0769. The molecule has 0 saturated heterocycles. The molecule has 0 bridgehead atoms. The fourth-order valence-electron chi connectivity index (χ4n) is 4.33. The molecule has 4 rings (SSSR count). The molecular weight excluding hydrogens is 388 g/mol. The third-order valence-electron chi connectivity index (χ3n) is 6.10. The Labute approximate surface area is 175 Å². The third kappa shape index (κ3) is 3.67. The van der Waals surface area contributed by atoms with Gasteiger partial charge in [0, 0.05) is 0 Å². The van der Waals surface area contributed by atoms with Gasteiger partial charge >= 0.3 is 175 Å². The molecule has 4 aromatic rings. The molecule has 0 radical (unpaired) electrons. The average Bonchev–Trinajstić information content (AvgIpc) is 2.80. The second kappa shape index (κ2) is 8.21. The van der Waals surface area contributed by atoms with Gasteiger partial charge in [-0.05, 0) is 0 Å². The Balaban J connectivity index is 1.99. The van der Waals surface area contributed by atoms with Crippen LogP contribution in [-0.4, -0.2) is 13.3 Å². The molecule has 4 aromatic carbocycles. The molecule has 0 amide bonds. The van der Waals surface area contributed by atoms with Gasteiger partial charge in [-0.25, -0.2) is 0 Å². The summed E-state index contributed by atoms with van der Waals surface area (Å²) < 4.78 is 0. The van der Waals surface area contributed by atoms with Gasteiger partial charge in [0.2, 0.25) is 0 Å². The van der Waals surface area contributed by atoms with Crippen molar-refractivity contribution in [2.45, 2.75) is 0 Å². The fourth-order valence-corrected chi connectivity index (χ4v) is 11.9. The molecule has 0 heterocycles. The van der Waals surface area contributed by atoms with E-state index in [1.54, 1.807) is 0 Å². The van der Waals surface area contributed by atoms with Crippen LogP contribution in [0.25, 0.3) is 0 Å². The van der Waals surface area contributed by atoms with Crippen LogP contribution >= 0.6 is 14.7 Å². The summed E-state index contributed by atoms with van der Waals surface area (Å²) in [6, 6.07) is 41.5. The number of hydrogen-bond donors (Lipinski definition) is 1. The zero-order chi connectivity index (χ0) is 20.3. The molecule has 0 aliphatic heterocycles. The van der Waals surface area contributed by atoms with Crippen LogP contribution in [0.4, 0.5) is 0 Å². The van der Waals surface area contributed by atoms with Crippen LogP contribution in [0.1, 0.15) is 0 Å². The van der Waals surface area contributed by atoms with Crippen molar-refractivity contribution in [1.29, 1.82) is 0 Å². The number of rotatable bonds is 5. The Kier molecular flexibility index (Phi) is 5.66. The zero-order valence-electron chi connectivity index (χ0n) is 17.0. The van der Waals surface area contributed by atoms with Crippen LogP contribution in [0.5, 0.6) is 0 Å². The molecule has 0 aliphatic carbocycles. The molecule has 0 unspecified atom stereocenters. The normalized spacial score (nSPS) is 13.1. The topological polar surface area (TPSA) is 26.0 Å². The Morgan fingerprint density at radius 1 is 0.448 bits per heavy atom. The summed E-state index contributed by atoms with van der Waals surface area (Å²) in [7, 11) is -4.55. The summed E-state index contributed by atoms with van der Waals surface area (Å²) in [5, 5.41) is 6.86. The molecule has 0 fully saturated rings. The molecule has 2 N–H and O–H groups in total. The molecule has 0 aliphatic rings. The van der Waals surface area contributed by atoms with Gasteiger partial charge in [-0.1, -0.05) is 0 Å². The summed E-state index contributed by atoms with van der Waals surface area (Å²) in [5.74, 6) is 0. The van der Waals surface area contributed by atoms with Crippen LogP contribution in [0.3, 0.4) is 0 Å². The molecule has 0 saturated carbocycles. The van der Waals surface area contributed by atoms with E-state index in [2.05, 4.69) is 129 Å². The summed E-state index contributed by atoms with van der Waals surface area (Å²) >= 11 is 0. The van der Waals surface area contributed by atoms with E-state index in [1.165, 1.54) is 26.5 Å². The molecule has 0 spiro atoms. The van der Waals surface area contributed by atoms with Crippen molar-refractivity contribution in [2.75, 3.05) is 13.3 Å². The van der Waals surface area contributed by atoms with Crippen molar-refractivity contribution in [1.82, 2.24) is 0 Å². The molecular formula is C26H29NP2. The third-order valence-corrected chi connectivity index (χ3v) is 13.9. The summed E-state index contributed by atoms with van der Waals surface area (Å²) in [6.45, 7) is 4.73. The van der Waals surface area contributed by atoms with E-state index in [9.17, 15) is 0 Å². The van der Waals surface area contributed by atoms with Crippen molar-refractivity contribution in [3.63, 3.8) is 0 Å². The molecule has 3 heteroatoms. The van der Waals surface area contributed by atoms with Crippen LogP contribution in [0, 0.1) is 0 Å². The standard InChI is InChI=1S/C26H29NP2/c1-28(22-14-6-3-7-15-22,23-16-8-4-9-17-23)25-20-12-13-21-26(25)29(2,27)24-18-10-5-11-19-24/h3-21,28-29H,27H2,1-2H3. The Hall–Kier alpha value is -2.30. The molecule has 29 heavy (non-hydrogen) atoms. The quantitative estimate of drug-likeness (QED) is 0.494. The van der Waals surface area contributed by atoms with Gasteiger partial charge in [-0.3, -0.25) is 0 Å². The van der Waals surface area contributed by atoms with E-state index in [1.807, 2.05) is 0 Å². The summed E-state index contributed by atoms with van der Waals surface area (Å²) in [5.41, 5.74) is 7.17.